The monoisotopic (exact) mass is 772 g/mol. The number of aliphatic hydroxyl groups excluding tert-OH is 2. The Hall–Kier alpha value is -1.19. The quantitative estimate of drug-likeness (QED) is 0.0239. The maximum atomic E-state index is 13.9. The standard InChI is InChI=1S/C43H82NO8P/c1-4-7-9-11-13-15-17-19-21-23-25-27-29-31-33-35-40(46)43(42(48)39-45,52-53(49,50-6-3)51-38-37-44)41(47)36-34-32-30-28-26-24-22-20-18-16-14-12-10-8-5-2/h19-22,42,45,48H,4-18,23-39,44H2,1-3H3/t42-,43?,53?/m0/s1. The van der Waals surface area contributed by atoms with Crippen LogP contribution < -0.4 is 5.73 Å². The third-order valence-corrected chi connectivity index (χ3v) is 11.3. The number of phosphoric acid groups is 1. The van der Waals surface area contributed by atoms with Gasteiger partial charge in [0.25, 0.3) is 0 Å². The van der Waals surface area contributed by atoms with Crippen LogP contribution in [0.4, 0.5) is 0 Å². The third kappa shape index (κ3) is 26.3. The molecule has 2 atom stereocenters. The van der Waals surface area contributed by atoms with Crippen LogP contribution in [-0.2, 0) is 27.7 Å². The molecular weight excluding hydrogens is 689 g/mol. The molecule has 10 heteroatoms. The van der Waals surface area contributed by atoms with Crippen LogP contribution in [-0.4, -0.2) is 59.8 Å². The molecule has 0 saturated carbocycles. The molecule has 53 heavy (non-hydrogen) atoms. The number of allylic oxidation sites excluding steroid dienone is 4. The van der Waals surface area contributed by atoms with Gasteiger partial charge >= 0.3 is 7.82 Å². The van der Waals surface area contributed by atoms with E-state index in [1.807, 2.05) is 0 Å². The normalized spacial score (nSPS) is 14.9. The van der Waals surface area contributed by atoms with Crippen molar-refractivity contribution in [2.24, 2.45) is 5.73 Å². The van der Waals surface area contributed by atoms with Crippen molar-refractivity contribution in [1.82, 2.24) is 0 Å². The van der Waals surface area contributed by atoms with E-state index >= 15 is 0 Å². The van der Waals surface area contributed by atoms with Crippen molar-refractivity contribution < 1.29 is 37.9 Å². The van der Waals surface area contributed by atoms with E-state index in [0.717, 1.165) is 77.0 Å². The zero-order valence-electron chi connectivity index (χ0n) is 34.4. The molecule has 0 fully saturated rings. The van der Waals surface area contributed by atoms with Crippen molar-refractivity contribution in [2.45, 2.75) is 212 Å². The molecule has 312 valence electrons. The van der Waals surface area contributed by atoms with E-state index in [-0.39, 0.29) is 32.6 Å². The van der Waals surface area contributed by atoms with Gasteiger partial charge in [-0.3, -0.25) is 23.2 Å². The number of ketones is 2. The molecule has 0 aromatic rings. The molecule has 0 bridgehead atoms. The summed E-state index contributed by atoms with van der Waals surface area (Å²) in [6, 6.07) is 0. The molecule has 0 saturated heterocycles. The number of carbonyl (C=O) groups is 2. The molecule has 4 N–H and O–H groups in total. The number of rotatable bonds is 41. The van der Waals surface area contributed by atoms with Crippen LogP contribution in [0.3, 0.4) is 0 Å². The minimum absolute atomic E-state index is 0.00169. The first-order valence-corrected chi connectivity index (χ1v) is 23.2. The summed E-state index contributed by atoms with van der Waals surface area (Å²) < 4.78 is 29.9. The van der Waals surface area contributed by atoms with Gasteiger partial charge < -0.3 is 15.9 Å². The first-order chi connectivity index (χ1) is 25.8. The van der Waals surface area contributed by atoms with E-state index in [1.165, 1.54) is 77.0 Å². The first-order valence-electron chi connectivity index (χ1n) is 21.7. The summed E-state index contributed by atoms with van der Waals surface area (Å²) in [5.74, 6) is -1.43. The van der Waals surface area contributed by atoms with Gasteiger partial charge in [0.15, 0.2) is 11.6 Å². The van der Waals surface area contributed by atoms with Gasteiger partial charge in [0, 0.05) is 19.4 Å². The molecule has 0 spiro atoms. The van der Waals surface area contributed by atoms with Gasteiger partial charge in [-0.05, 0) is 71.1 Å². The predicted octanol–water partition coefficient (Wildman–Crippen LogP) is 11.4. The number of nitrogens with two attached hydrogens (primary N) is 1. The van der Waals surface area contributed by atoms with Crippen molar-refractivity contribution in [3.8, 4) is 0 Å². The summed E-state index contributed by atoms with van der Waals surface area (Å²) in [6.45, 7) is 4.84. The fraction of sp³-hybridized carbons (Fsp3) is 0.860. The maximum absolute atomic E-state index is 13.9. The van der Waals surface area contributed by atoms with Gasteiger partial charge in [0.2, 0.25) is 5.60 Å². The van der Waals surface area contributed by atoms with Gasteiger partial charge in [0.1, 0.15) is 6.10 Å². The largest absolute Gasteiger partial charge is 0.476 e. The molecular formula is C43H82NO8P. The molecule has 0 radical (unpaired) electrons. The summed E-state index contributed by atoms with van der Waals surface area (Å²) in [6.07, 6.45) is 35.6. The highest BCUT2D eigenvalue weighted by Crippen LogP contribution is 2.54. The molecule has 0 amide bonds. The van der Waals surface area contributed by atoms with E-state index in [2.05, 4.69) is 38.2 Å². The lowest BCUT2D eigenvalue weighted by molar-refractivity contribution is -0.165. The fourth-order valence-electron chi connectivity index (χ4n) is 6.49. The van der Waals surface area contributed by atoms with Crippen LogP contribution in [0, 0.1) is 0 Å². The molecule has 1 unspecified atom stereocenters. The molecule has 0 aliphatic heterocycles. The summed E-state index contributed by atoms with van der Waals surface area (Å²) in [7, 11) is -4.49. The molecule has 0 heterocycles. The summed E-state index contributed by atoms with van der Waals surface area (Å²) >= 11 is 0. The Bertz CT molecular complexity index is 920. The zero-order chi connectivity index (χ0) is 39.3. The van der Waals surface area contributed by atoms with Crippen molar-refractivity contribution >= 4 is 19.4 Å². The molecule has 0 aliphatic carbocycles. The number of phosphoric ester groups is 1. The Kier molecular flexibility index (Phi) is 35.6. The van der Waals surface area contributed by atoms with Crippen LogP contribution in [0.15, 0.2) is 24.3 Å². The molecule has 0 aliphatic rings. The smallest absolute Gasteiger partial charge is 0.394 e. The van der Waals surface area contributed by atoms with E-state index in [0.29, 0.717) is 12.8 Å². The van der Waals surface area contributed by atoms with Gasteiger partial charge in [-0.2, -0.15) is 0 Å². The Morgan fingerprint density at radius 1 is 0.604 bits per heavy atom. The Morgan fingerprint density at radius 3 is 1.30 bits per heavy atom. The topological polar surface area (TPSA) is 145 Å². The number of hydrogen-bond donors (Lipinski definition) is 3. The number of aliphatic hydroxyl groups is 2. The second-order valence-electron chi connectivity index (χ2n) is 14.5. The number of unbranched alkanes of at least 4 members (excludes halogenated alkanes) is 22. The Balaban J connectivity index is 5.03. The van der Waals surface area contributed by atoms with Gasteiger partial charge in [-0.1, -0.05) is 141 Å². The highest BCUT2D eigenvalue weighted by Gasteiger charge is 2.56. The highest BCUT2D eigenvalue weighted by atomic mass is 31.2. The van der Waals surface area contributed by atoms with Crippen molar-refractivity contribution in [3.63, 3.8) is 0 Å². The summed E-state index contributed by atoms with van der Waals surface area (Å²) in [4.78, 5) is 27.7. The number of hydrogen-bond acceptors (Lipinski definition) is 9. The van der Waals surface area contributed by atoms with Crippen molar-refractivity contribution in [2.75, 3.05) is 26.4 Å². The van der Waals surface area contributed by atoms with E-state index < -0.39 is 37.7 Å². The number of carbonyl (C=O) groups excluding carboxylic acids is 2. The van der Waals surface area contributed by atoms with Gasteiger partial charge in [0.05, 0.1) is 19.8 Å². The zero-order valence-corrected chi connectivity index (χ0v) is 35.3. The maximum Gasteiger partial charge on any atom is 0.476 e. The average molecular weight is 772 g/mol. The highest BCUT2D eigenvalue weighted by molar-refractivity contribution is 7.48. The number of Topliss-reactive ketones (excluding diaryl/α,β-unsaturated/α-hetero) is 2. The van der Waals surface area contributed by atoms with Gasteiger partial charge in [-0.15, -0.1) is 0 Å². The van der Waals surface area contributed by atoms with E-state index in [4.69, 9.17) is 19.3 Å². The molecule has 0 rings (SSSR count). The fourth-order valence-corrected chi connectivity index (χ4v) is 7.99. The minimum Gasteiger partial charge on any atom is -0.394 e. The molecule has 9 nitrogen and oxygen atoms in total. The minimum atomic E-state index is -4.49. The van der Waals surface area contributed by atoms with Crippen LogP contribution >= 0.6 is 7.82 Å². The SMILES string of the molecule is CCCCCCCCC=CCCCCCCCC(=O)C(OP(=O)(OCC)OCCN)(C(=O)CCCCCCCC=CCCCCCCCC)[C@@H](O)CO. The van der Waals surface area contributed by atoms with E-state index in [9.17, 15) is 24.4 Å². The average Bonchev–Trinajstić information content (AvgIpc) is 3.15. The van der Waals surface area contributed by atoms with Crippen LogP contribution in [0.5, 0.6) is 0 Å². The second-order valence-corrected chi connectivity index (χ2v) is 16.1. The lowest BCUT2D eigenvalue weighted by Crippen LogP contribution is -2.58. The predicted molar refractivity (Wildman–Crippen MR) is 220 cm³/mol. The molecule has 0 aromatic carbocycles. The second kappa shape index (κ2) is 36.4. The van der Waals surface area contributed by atoms with Crippen LogP contribution in [0.2, 0.25) is 0 Å². The Morgan fingerprint density at radius 2 is 0.962 bits per heavy atom. The lowest BCUT2D eigenvalue weighted by atomic mass is 9.82. The van der Waals surface area contributed by atoms with E-state index in [1.54, 1.807) is 6.92 Å². The summed E-state index contributed by atoms with van der Waals surface area (Å²) in [5, 5.41) is 21.1. The van der Waals surface area contributed by atoms with Gasteiger partial charge in [-0.25, -0.2) is 4.57 Å². The first kappa shape index (κ1) is 51.8. The van der Waals surface area contributed by atoms with Crippen LogP contribution in [0.25, 0.3) is 0 Å². The molecule has 0 aromatic heterocycles. The summed E-state index contributed by atoms with van der Waals surface area (Å²) in [5.41, 5.74) is 2.99. The van der Waals surface area contributed by atoms with Crippen molar-refractivity contribution in [1.29, 1.82) is 0 Å². The lowest BCUT2D eigenvalue weighted by Gasteiger charge is -2.36. The Labute approximate surface area is 325 Å². The third-order valence-electron chi connectivity index (χ3n) is 9.71. The van der Waals surface area contributed by atoms with Crippen molar-refractivity contribution in [3.05, 3.63) is 24.3 Å². The van der Waals surface area contributed by atoms with Crippen LogP contribution in [0.1, 0.15) is 201 Å².